The van der Waals surface area contributed by atoms with Crippen LogP contribution < -0.4 is 0 Å². The molecule has 7 rings (SSSR count). The van der Waals surface area contributed by atoms with Crippen molar-refractivity contribution in [3.05, 3.63) is 184 Å². The van der Waals surface area contributed by atoms with Gasteiger partial charge in [0.1, 0.15) is 0 Å². The lowest BCUT2D eigenvalue weighted by molar-refractivity contribution is 0.226. The van der Waals surface area contributed by atoms with Gasteiger partial charge in [-0.3, -0.25) is 0 Å². The van der Waals surface area contributed by atoms with Gasteiger partial charge >= 0.3 is 0 Å². The molecule has 206 valence electrons. The second-order valence-corrected chi connectivity index (χ2v) is 12.4. The van der Waals surface area contributed by atoms with Gasteiger partial charge in [0.2, 0.25) is 0 Å². The molecule has 3 aliphatic rings. The lowest BCUT2D eigenvalue weighted by Gasteiger charge is -2.48. The van der Waals surface area contributed by atoms with Crippen molar-refractivity contribution in [3.8, 4) is 10.4 Å². The molecule has 0 saturated carbocycles. The van der Waals surface area contributed by atoms with Crippen LogP contribution in [0.15, 0.2) is 151 Å². The smallest absolute Gasteiger partial charge is 0.0819 e. The van der Waals surface area contributed by atoms with Gasteiger partial charge in [-0.25, -0.2) is 0 Å². The Bertz CT molecular complexity index is 1760. The Balaban J connectivity index is 1.47. The molecule has 0 radical (unpaired) electrons. The summed E-state index contributed by atoms with van der Waals surface area (Å²) in [7, 11) is 0. The molecule has 2 heteroatoms. The van der Waals surface area contributed by atoms with Crippen molar-refractivity contribution in [1.82, 2.24) is 4.90 Å². The number of benzene rings is 3. The lowest BCUT2D eigenvalue weighted by Crippen LogP contribution is -2.44. The number of aryl methyl sites for hydroxylation is 1. The Kier molecular flexibility index (Phi) is 7.23. The fourth-order valence-electron chi connectivity index (χ4n) is 6.91. The Hall–Kier alpha value is -4.40. The van der Waals surface area contributed by atoms with Gasteiger partial charge in [0.05, 0.1) is 12.1 Å². The highest BCUT2D eigenvalue weighted by Crippen LogP contribution is 2.53. The van der Waals surface area contributed by atoms with Crippen molar-refractivity contribution in [1.29, 1.82) is 0 Å². The molecule has 3 heterocycles. The van der Waals surface area contributed by atoms with E-state index in [0.29, 0.717) is 0 Å². The molecule has 42 heavy (non-hydrogen) atoms. The van der Waals surface area contributed by atoms with Crippen molar-refractivity contribution < 1.29 is 0 Å². The van der Waals surface area contributed by atoms with Gasteiger partial charge in [-0.05, 0) is 70.9 Å². The number of allylic oxidation sites excluding steroid dienone is 8. The normalized spacial score (nSPS) is 21.1. The molecule has 0 bridgehead atoms. The van der Waals surface area contributed by atoms with Crippen LogP contribution in [-0.2, 0) is 6.42 Å². The summed E-state index contributed by atoms with van der Waals surface area (Å²) >= 11 is 2.00. The molecule has 3 unspecified atom stereocenters. The summed E-state index contributed by atoms with van der Waals surface area (Å²) in [6, 6.07) is 31.6. The largest absolute Gasteiger partial charge is 0.359 e. The van der Waals surface area contributed by atoms with E-state index in [4.69, 9.17) is 0 Å². The first-order valence-electron chi connectivity index (χ1n) is 14.9. The molecular weight excluding hydrogens is 527 g/mol. The fourth-order valence-corrected chi connectivity index (χ4v) is 8.23. The lowest BCUT2D eigenvalue weighted by atomic mass is 9.73. The minimum atomic E-state index is 0.114. The van der Waals surface area contributed by atoms with Crippen molar-refractivity contribution in [3.63, 3.8) is 0 Å². The van der Waals surface area contributed by atoms with Crippen molar-refractivity contribution >= 4 is 17.4 Å². The molecule has 0 N–H and O–H groups in total. The van der Waals surface area contributed by atoms with Crippen LogP contribution in [0.25, 0.3) is 16.5 Å². The Labute approximate surface area is 253 Å². The number of hydrogen-bond donors (Lipinski definition) is 0. The minimum absolute atomic E-state index is 0.114. The summed E-state index contributed by atoms with van der Waals surface area (Å²) in [6.45, 7) is 6.07. The van der Waals surface area contributed by atoms with Crippen LogP contribution in [-0.4, -0.2) is 10.9 Å². The van der Waals surface area contributed by atoms with Crippen molar-refractivity contribution in [2.75, 3.05) is 0 Å². The van der Waals surface area contributed by atoms with Crippen LogP contribution in [0.1, 0.15) is 58.0 Å². The van der Waals surface area contributed by atoms with E-state index >= 15 is 0 Å². The van der Waals surface area contributed by atoms with Gasteiger partial charge < -0.3 is 4.90 Å². The molecule has 3 atom stereocenters. The summed E-state index contributed by atoms with van der Waals surface area (Å²) in [5.74, 6) is 0.266. The van der Waals surface area contributed by atoms with Gasteiger partial charge in [-0.15, -0.1) is 11.3 Å². The SMILES string of the molecule is C=C/C=C\C=C(/C)C1=Cc2c(sc(-c3ccccc3)c2C2c3ccccc3C(c3ccccc3)C3C=CC=CN23)CC1. The van der Waals surface area contributed by atoms with Crippen LogP contribution >= 0.6 is 11.3 Å². The average molecular weight is 562 g/mol. The zero-order valence-electron chi connectivity index (χ0n) is 24.0. The average Bonchev–Trinajstić information content (AvgIpc) is 3.43. The molecule has 1 aromatic heterocycles. The number of fused-ring (bicyclic) bond motifs is 3. The number of thiophene rings is 1. The van der Waals surface area contributed by atoms with E-state index in [1.54, 1.807) is 0 Å². The standard InChI is InChI=1S/C40H35NS/c1-3-4-7-16-28(2)31-24-25-36-34(27-31)38(40(42-36)30-19-10-6-11-20-30)39-33-22-13-12-21-32(33)37(29-17-8-5-9-18-29)35-23-14-15-26-41(35)39/h3-23,26-27,35,37,39H,1,24-25H2,2H3/b7-4-,28-16+. The predicted octanol–water partition coefficient (Wildman–Crippen LogP) is 10.4. The quantitative estimate of drug-likeness (QED) is 0.212. The third-order valence-electron chi connectivity index (χ3n) is 8.86. The molecule has 1 nitrogen and oxygen atoms in total. The first-order chi connectivity index (χ1) is 20.7. The zero-order chi connectivity index (χ0) is 28.5. The highest BCUT2D eigenvalue weighted by Gasteiger charge is 2.42. The summed E-state index contributed by atoms with van der Waals surface area (Å²) in [4.78, 5) is 5.52. The van der Waals surface area contributed by atoms with Gasteiger partial charge in [-0.2, -0.15) is 0 Å². The van der Waals surface area contributed by atoms with Crippen LogP contribution in [0.4, 0.5) is 0 Å². The van der Waals surface area contributed by atoms with Crippen LogP contribution in [0.5, 0.6) is 0 Å². The van der Waals surface area contributed by atoms with Crippen LogP contribution in [0, 0.1) is 0 Å². The van der Waals surface area contributed by atoms with E-state index in [9.17, 15) is 0 Å². The van der Waals surface area contributed by atoms with E-state index < -0.39 is 0 Å². The minimum Gasteiger partial charge on any atom is -0.359 e. The van der Waals surface area contributed by atoms with Crippen LogP contribution in [0.2, 0.25) is 0 Å². The molecular formula is C40H35NS. The number of rotatable bonds is 6. The third-order valence-corrected chi connectivity index (χ3v) is 10.2. The second kappa shape index (κ2) is 11.5. The number of nitrogens with zero attached hydrogens (tertiary/aromatic N) is 1. The van der Waals surface area contributed by atoms with Crippen LogP contribution in [0.3, 0.4) is 0 Å². The maximum absolute atomic E-state index is 3.83. The van der Waals surface area contributed by atoms with E-state index in [-0.39, 0.29) is 18.0 Å². The van der Waals surface area contributed by atoms with Gasteiger partial charge in [0, 0.05) is 27.4 Å². The first-order valence-corrected chi connectivity index (χ1v) is 15.7. The molecule has 0 fully saturated rings. The highest BCUT2D eigenvalue weighted by atomic mass is 32.1. The Morgan fingerprint density at radius 2 is 1.60 bits per heavy atom. The monoisotopic (exact) mass is 561 g/mol. The fraction of sp³-hybridized carbons (Fsp3) is 0.150. The molecule has 1 aliphatic carbocycles. The molecule has 2 aliphatic heterocycles. The molecule has 3 aromatic carbocycles. The van der Waals surface area contributed by atoms with E-state index in [1.807, 2.05) is 23.5 Å². The Morgan fingerprint density at radius 1 is 0.857 bits per heavy atom. The van der Waals surface area contributed by atoms with Gasteiger partial charge in [0.25, 0.3) is 0 Å². The topological polar surface area (TPSA) is 3.24 Å². The maximum atomic E-state index is 3.83. The van der Waals surface area contributed by atoms with E-state index in [0.717, 1.165) is 12.8 Å². The second-order valence-electron chi connectivity index (χ2n) is 11.3. The van der Waals surface area contributed by atoms with Gasteiger partial charge in [0.15, 0.2) is 0 Å². The maximum Gasteiger partial charge on any atom is 0.0819 e. The molecule has 0 saturated heterocycles. The highest BCUT2D eigenvalue weighted by molar-refractivity contribution is 7.16. The summed E-state index contributed by atoms with van der Waals surface area (Å²) in [5, 5.41) is 0. The summed E-state index contributed by atoms with van der Waals surface area (Å²) in [5.41, 5.74) is 11.1. The molecule has 0 amide bonds. The van der Waals surface area contributed by atoms with Crippen molar-refractivity contribution in [2.45, 2.75) is 37.8 Å². The number of hydrogen-bond acceptors (Lipinski definition) is 2. The zero-order valence-corrected chi connectivity index (χ0v) is 24.8. The van der Waals surface area contributed by atoms with Crippen molar-refractivity contribution in [2.24, 2.45) is 0 Å². The summed E-state index contributed by atoms with van der Waals surface area (Å²) in [6.07, 6.45) is 22.0. The third kappa shape index (κ3) is 4.66. The molecule has 0 spiro atoms. The summed E-state index contributed by atoms with van der Waals surface area (Å²) < 4.78 is 0. The predicted molar refractivity (Wildman–Crippen MR) is 180 cm³/mol. The van der Waals surface area contributed by atoms with E-state index in [1.165, 1.54) is 54.3 Å². The molecule has 4 aromatic rings. The first kappa shape index (κ1) is 26.5. The Morgan fingerprint density at radius 3 is 2.38 bits per heavy atom. The van der Waals surface area contributed by atoms with Gasteiger partial charge in [-0.1, -0.05) is 128 Å². The van der Waals surface area contributed by atoms with E-state index in [2.05, 4.69) is 146 Å².